The number of nitrogens with zero attached hydrogens (tertiary/aromatic N) is 1. The number of fused-ring (bicyclic) bond motifs is 3. The Hall–Kier alpha value is -6.22. The van der Waals surface area contributed by atoms with Crippen molar-refractivity contribution in [1.82, 2.24) is 4.57 Å². The van der Waals surface area contributed by atoms with Gasteiger partial charge in [0.15, 0.2) is 8.07 Å². The Morgan fingerprint density at radius 2 is 0.780 bits per heavy atom. The molecule has 2 heteroatoms. The van der Waals surface area contributed by atoms with Crippen molar-refractivity contribution in [2.45, 2.75) is 0 Å². The fourth-order valence-electron chi connectivity index (χ4n) is 7.96. The van der Waals surface area contributed by atoms with E-state index in [0.717, 1.165) is 0 Å². The zero-order chi connectivity index (χ0) is 33.3. The monoisotopic (exact) mass is 653 g/mol. The van der Waals surface area contributed by atoms with E-state index >= 15 is 0 Å². The van der Waals surface area contributed by atoms with Crippen LogP contribution in [0.3, 0.4) is 0 Å². The molecule has 0 bridgehead atoms. The van der Waals surface area contributed by atoms with E-state index in [0.29, 0.717) is 0 Å². The fraction of sp³-hybridized carbons (Fsp3) is 0. The Kier molecular flexibility index (Phi) is 7.57. The zero-order valence-corrected chi connectivity index (χ0v) is 28.7. The minimum Gasteiger partial charge on any atom is -0.309 e. The first-order valence-electron chi connectivity index (χ1n) is 17.3. The summed E-state index contributed by atoms with van der Waals surface area (Å²) in [5.41, 5.74) is 8.55. The maximum atomic E-state index is 2.51. The average molecular weight is 654 g/mol. The van der Waals surface area contributed by atoms with Gasteiger partial charge in [-0.1, -0.05) is 188 Å². The van der Waals surface area contributed by atoms with E-state index in [2.05, 4.69) is 217 Å². The first-order chi connectivity index (χ1) is 24.8. The normalized spacial score (nSPS) is 11.6. The van der Waals surface area contributed by atoms with Crippen LogP contribution < -0.4 is 20.7 Å². The van der Waals surface area contributed by atoms with Crippen LogP contribution in [0.25, 0.3) is 49.7 Å². The van der Waals surface area contributed by atoms with Crippen molar-refractivity contribution in [2.75, 3.05) is 0 Å². The molecule has 0 atom stereocenters. The second kappa shape index (κ2) is 12.7. The van der Waals surface area contributed by atoms with E-state index in [1.807, 2.05) is 0 Å². The molecule has 9 rings (SSSR count). The summed E-state index contributed by atoms with van der Waals surface area (Å²) in [6.45, 7) is 0. The van der Waals surface area contributed by atoms with Crippen LogP contribution in [-0.2, 0) is 0 Å². The molecule has 1 aromatic heterocycles. The van der Waals surface area contributed by atoms with Gasteiger partial charge in [-0.3, -0.25) is 0 Å². The standard InChI is InChI=1S/C48H35NSi/c1-5-18-36(19-6-1)43-28-13-14-29-44(43)37-20-17-27-41(34-37)50(39-23-9-3-10-24-39,40-25-11-4-12-26-40)42-32-33-48-46(35-42)45-30-15-16-31-47(45)49(48)38-21-7-2-8-22-38/h1-35H. The molecule has 236 valence electrons. The van der Waals surface area contributed by atoms with E-state index in [-0.39, 0.29) is 0 Å². The fourth-order valence-corrected chi connectivity index (χ4v) is 12.8. The molecule has 0 unspecified atom stereocenters. The van der Waals surface area contributed by atoms with E-state index in [1.54, 1.807) is 0 Å². The molecule has 0 saturated carbocycles. The summed E-state index contributed by atoms with van der Waals surface area (Å²) in [6.07, 6.45) is 0. The molecule has 0 saturated heterocycles. The highest BCUT2D eigenvalue weighted by Gasteiger charge is 2.42. The van der Waals surface area contributed by atoms with E-state index in [1.165, 1.54) is 70.5 Å². The second-order valence-corrected chi connectivity index (χ2v) is 16.7. The van der Waals surface area contributed by atoms with Crippen molar-refractivity contribution in [3.8, 4) is 27.9 Å². The quantitative estimate of drug-likeness (QED) is 0.119. The Morgan fingerprint density at radius 1 is 0.300 bits per heavy atom. The number of aromatic nitrogens is 1. The molecule has 0 radical (unpaired) electrons. The van der Waals surface area contributed by atoms with Crippen LogP contribution in [0.2, 0.25) is 0 Å². The topological polar surface area (TPSA) is 4.93 Å². The summed E-state index contributed by atoms with van der Waals surface area (Å²) in [6, 6.07) is 78.2. The van der Waals surface area contributed by atoms with Crippen LogP contribution in [0.4, 0.5) is 0 Å². The lowest BCUT2D eigenvalue weighted by Gasteiger charge is -2.35. The summed E-state index contributed by atoms with van der Waals surface area (Å²) in [5, 5.41) is 8.00. The third-order valence-electron chi connectivity index (χ3n) is 10.2. The highest BCUT2D eigenvalue weighted by atomic mass is 28.3. The van der Waals surface area contributed by atoms with Crippen LogP contribution in [-0.4, -0.2) is 12.6 Å². The maximum absolute atomic E-state index is 2.84. The summed E-state index contributed by atoms with van der Waals surface area (Å²) >= 11 is 0. The molecule has 0 spiro atoms. The van der Waals surface area contributed by atoms with Crippen LogP contribution >= 0.6 is 0 Å². The number of para-hydroxylation sites is 2. The highest BCUT2D eigenvalue weighted by Crippen LogP contribution is 2.33. The molecule has 9 aromatic rings. The van der Waals surface area contributed by atoms with Gasteiger partial charge in [0.2, 0.25) is 0 Å². The lowest BCUT2D eigenvalue weighted by molar-refractivity contribution is 1.18. The molecule has 0 aliphatic rings. The van der Waals surface area contributed by atoms with Gasteiger partial charge in [0.1, 0.15) is 0 Å². The van der Waals surface area contributed by atoms with Gasteiger partial charge in [0.25, 0.3) is 0 Å². The predicted octanol–water partition coefficient (Wildman–Crippen LogP) is 9.50. The predicted molar refractivity (Wildman–Crippen MR) is 215 cm³/mol. The molecule has 0 aliphatic carbocycles. The Balaban J connectivity index is 1.35. The molecule has 0 fully saturated rings. The Labute approximate surface area is 294 Å². The maximum Gasteiger partial charge on any atom is 0.179 e. The molecule has 0 amide bonds. The first-order valence-corrected chi connectivity index (χ1v) is 19.3. The molecule has 1 nitrogen and oxygen atoms in total. The van der Waals surface area contributed by atoms with Crippen molar-refractivity contribution < 1.29 is 0 Å². The van der Waals surface area contributed by atoms with Crippen LogP contribution in [0.15, 0.2) is 212 Å². The van der Waals surface area contributed by atoms with Gasteiger partial charge < -0.3 is 4.57 Å². The Bertz CT molecular complexity index is 2530. The van der Waals surface area contributed by atoms with E-state index in [4.69, 9.17) is 0 Å². The lowest BCUT2D eigenvalue weighted by atomic mass is 9.95. The third kappa shape index (κ3) is 4.92. The smallest absolute Gasteiger partial charge is 0.179 e. The lowest BCUT2D eigenvalue weighted by Crippen LogP contribution is -2.74. The van der Waals surface area contributed by atoms with Crippen molar-refractivity contribution in [3.63, 3.8) is 0 Å². The number of hydrogen-bond donors (Lipinski definition) is 0. The van der Waals surface area contributed by atoms with Crippen molar-refractivity contribution in [1.29, 1.82) is 0 Å². The van der Waals surface area contributed by atoms with Gasteiger partial charge in [-0.05, 0) is 67.3 Å². The van der Waals surface area contributed by atoms with Gasteiger partial charge in [0, 0.05) is 16.5 Å². The summed E-state index contributed by atoms with van der Waals surface area (Å²) in [4.78, 5) is 0. The van der Waals surface area contributed by atoms with Crippen molar-refractivity contribution in [2.24, 2.45) is 0 Å². The molecule has 0 aliphatic heterocycles. The summed E-state index contributed by atoms with van der Waals surface area (Å²) < 4.78 is 2.41. The van der Waals surface area contributed by atoms with Crippen LogP contribution in [0.1, 0.15) is 0 Å². The van der Waals surface area contributed by atoms with Crippen molar-refractivity contribution in [3.05, 3.63) is 212 Å². The van der Waals surface area contributed by atoms with Gasteiger partial charge in [0.05, 0.1) is 11.0 Å². The van der Waals surface area contributed by atoms with Gasteiger partial charge in [-0.25, -0.2) is 0 Å². The molecule has 0 N–H and O–H groups in total. The molecular weight excluding hydrogens is 619 g/mol. The largest absolute Gasteiger partial charge is 0.309 e. The van der Waals surface area contributed by atoms with Crippen LogP contribution in [0.5, 0.6) is 0 Å². The summed E-state index contributed by atoms with van der Waals surface area (Å²) in [7, 11) is -2.84. The number of hydrogen-bond acceptors (Lipinski definition) is 0. The SMILES string of the molecule is c1ccc(-c2ccccc2-c2cccc([Si](c3ccccc3)(c3ccccc3)c3ccc4c(c3)c3ccccc3n4-c3ccccc3)c2)cc1. The van der Waals surface area contributed by atoms with Gasteiger partial charge >= 0.3 is 0 Å². The summed E-state index contributed by atoms with van der Waals surface area (Å²) in [5.74, 6) is 0. The molecule has 50 heavy (non-hydrogen) atoms. The average Bonchev–Trinajstić information content (AvgIpc) is 3.54. The van der Waals surface area contributed by atoms with Gasteiger partial charge in [-0.2, -0.15) is 0 Å². The highest BCUT2D eigenvalue weighted by molar-refractivity contribution is 7.20. The van der Waals surface area contributed by atoms with E-state index < -0.39 is 8.07 Å². The molecule has 8 aromatic carbocycles. The minimum absolute atomic E-state index is 1.17. The molecular formula is C48H35NSi. The minimum atomic E-state index is -2.84. The van der Waals surface area contributed by atoms with Gasteiger partial charge in [-0.15, -0.1) is 0 Å². The molecule has 1 heterocycles. The van der Waals surface area contributed by atoms with E-state index in [9.17, 15) is 0 Å². The Morgan fingerprint density at radius 3 is 1.46 bits per heavy atom. The zero-order valence-electron chi connectivity index (χ0n) is 27.7. The van der Waals surface area contributed by atoms with Crippen molar-refractivity contribution >= 4 is 50.6 Å². The number of benzene rings is 8. The number of rotatable bonds is 7. The first kappa shape index (κ1) is 29.9. The second-order valence-electron chi connectivity index (χ2n) is 12.9. The third-order valence-corrected chi connectivity index (χ3v) is 14.9. The van der Waals surface area contributed by atoms with Crippen LogP contribution in [0, 0.1) is 0 Å².